The van der Waals surface area contributed by atoms with Gasteiger partial charge in [-0.2, -0.15) is 4.39 Å². The van der Waals surface area contributed by atoms with Gasteiger partial charge < -0.3 is 24.1 Å². The lowest BCUT2D eigenvalue weighted by atomic mass is 10.1. The monoisotopic (exact) mass is 348 g/mol. The van der Waals surface area contributed by atoms with Gasteiger partial charge in [0.2, 0.25) is 5.82 Å². The van der Waals surface area contributed by atoms with Crippen molar-refractivity contribution in [3.63, 3.8) is 0 Å². The van der Waals surface area contributed by atoms with E-state index in [-0.39, 0.29) is 24.0 Å². The summed E-state index contributed by atoms with van der Waals surface area (Å²) in [6.07, 6.45) is 1.04. The average Bonchev–Trinajstić information content (AvgIpc) is 2.65. The summed E-state index contributed by atoms with van der Waals surface area (Å²) >= 11 is 0. The number of nitrogens with one attached hydrogen (secondary N) is 1. The molecule has 3 rings (SSSR count). The second-order valence-corrected chi connectivity index (χ2v) is 4.65. The number of ether oxygens (including phenoxy) is 2. The smallest absolute Gasteiger partial charge is 0.290 e. The highest BCUT2D eigenvalue weighted by Gasteiger charge is 2.23. The van der Waals surface area contributed by atoms with Crippen molar-refractivity contribution in [1.29, 1.82) is 0 Å². The molecule has 2 heterocycles. The van der Waals surface area contributed by atoms with Gasteiger partial charge in [-0.25, -0.2) is 4.98 Å². The largest absolute Gasteiger partial charge is 0.470 e. The molecule has 9 nitrogen and oxygen atoms in total. The molecule has 0 unspecified atom stereocenters. The Morgan fingerprint density at radius 3 is 2.96 bits per heavy atom. The Kier molecular flexibility index (Phi) is 4.88. The molecule has 0 saturated carbocycles. The Bertz CT molecular complexity index is 880. The Morgan fingerprint density at radius 2 is 2.20 bits per heavy atom. The average molecular weight is 348 g/mol. The van der Waals surface area contributed by atoms with Crippen LogP contribution in [-0.4, -0.2) is 41.9 Å². The van der Waals surface area contributed by atoms with Gasteiger partial charge in [0.25, 0.3) is 17.3 Å². The third-order valence-electron chi connectivity index (χ3n) is 3.06. The van der Waals surface area contributed by atoms with Crippen molar-refractivity contribution in [2.24, 2.45) is 10.3 Å². The molecule has 0 saturated heterocycles. The van der Waals surface area contributed by atoms with E-state index in [4.69, 9.17) is 19.1 Å². The molecule has 1 aromatic heterocycles. The fourth-order valence-electron chi connectivity index (χ4n) is 2.01. The molecule has 1 N–H and O–H groups in total. The lowest BCUT2D eigenvalue weighted by Gasteiger charge is -2.16. The van der Waals surface area contributed by atoms with Gasteiger partial charge in [-0.05, 0) is 17.3 Å². The SMILES string of the molecule is CO/N=C(\C1=NOCCO1)c1ccccc1Oc1nc[nH]c(=O)c1F. The summed E-state index contributed by atoms with van der Waals surface area (Å²) < 4.78 is 24.7. The molecule has 10 heteroatoms. The number of rotatable bonds is 5. The standard InChI is InChI=1S/C15H13FN4O5/c1-22-19-12(15-20-24-7-6-23-15)9-4-2-3-5-10(9)25-14-11(16)13(21)17-8-18-14/h2-5,8H,6-7H2,1H3,(H,17,18,21)/b19-12-. The van der Waals surface area contributed by atoms with Gasteiger partial charge in [-0.3, -0.25) is 4.79 Å². The number of nitrogens with zero attached hydrogens (tertiary/aromatic N) is 3. The van der Waals surface area contributed by atoms with E-state index >= 15 is 0 Å². The molecule has 1 aliphatic rings. The summed E-state index contributed by atoms with van der Waals surface area (Å²) in [6, 6.07) is 6.55. The molecule has 0 spiro atoms. The van der Waals surface area contributed by atoms with Crippen LogP contribution in [0.15, 0.2) is 45.7 Å². The molecule has 0 amide bonds. The fourth-order valence-corrected chi connectivity index (χ4v) is 2.01. The van der Waals surface area contributed by atoms with Crippen LogP contribution in [0.4, 0.5) is 4.39 Å². The molecular weight excluding hydrogens is 335 g/mol. The summed E-state index contributed by atoms with van der Waals surface area (Å²) in [5, 5.41) is 7.67. The maximum Gasteiger partial charge on any atom is 0.290 e. The quantitative estimate of drug-likeness (QED) is 0.647. The van der Waals surface area contributed by atoms with E-state index in [9.17, 15) is 9.18 Å². The Morgan fingerprint density at radius 1 is 1.36 bits per heavy atom. The van der Waals surface area contributed by atoms with Crippen LogP contribution in [0.25, 0.3) is 0 Å². The van der Waals surface area contributed by atoms with Gasteiger partial charge in [0.05, 0.1) is 11.9 Å². The topological polar surface area (TPSA) is 107 Å². The minimum absolute atomic E-state index is 0.0866. The van der Waals surface area contributed by atoms with Crippen molar-refractivity contribution >= 4 is 11.6 Å². The van der Waals surface area contributed by atoms with Crippen molar-refractivity contribution in [2.75, 3.05) is 20.3 Å². The minimum Gasteiger partial charge on any atom is -0.470 e. The van der Waals surface area contributed by atoms with Crippen LogP contribution in [0.3, 0.4) is 0 Å². The highest BCUT2D eigenvalue weighted by molar-refractivity contribution is 6.45. The predicted molar refractivity (Wildman–Crippen MR) is 84.2 cm³/mol. The van der Waals surface area contributed by atoms with Crippen molar-refractivity contribution in [1.82, 2.24) is 9.97 Å². The molecule has 0 atom stereocenters. The molecule has 1 aliphatic heterocycles. The van der Waals surface area contributed by atoms with E-state index in [0.29, 0.717) is 12.2 Å². The van der Waals surface area contributed by atoms with Gasteiger partial charge in [0.15, 0.2) is 12.3 Å². The molecular formula is C15H13FN4O5. The second kappa shape index (κ2) is 7.43. The van der Waals surface area contributed by atoms with E-state index < -0.39 is 17.3 Å². The fraction of sp³-hybridized carbons (Fsp3) is 0.200. The maximum atomic E-state index is 13.9. The molecule has 0 fully saturated rings. The van der Waals surface area contributed by atoms with E-state index in [2.05, 4.69) is 20.3 Å². The number of aromatic amines is 1. The third-order valence-corrected chi connectivity index (χ3v) is 3.06. The van der Waals surface area contributed by atoms with E-state index in [1.54, 1.807) is 24.3 Å². The van der Waals surface area contributed by atoms with Gasteiger partial charge >= 0.3 is 0 Å². The first kappa shape index (κ1) is 16.4. The lowest BCUT2D eigenvalue weighted by Crippen LogP contribution is -2.26. The van der Waals surface area contributed by atoms with Crippen molar-refractivity contribution in [3.05, 3.63) is 52.3 Å². The number of para-hydroxylation sites is 1. The number of hydrogen-bond acceptors (Lipinski definition) is 8. The number of benzene rings is 1. The van der Waals surface area contributed by atoms with Crippen LogP contribution in [-0.2, 0) is 14.4 Å². The van der Waals surface area contributed by atoms with Crippen molar-refractivity contribution < 1.29 is 23.5 Å². The molecule has 25 heavy (non-hydrogen) atoms. The van der Waals surface area contributed by atoms with Crippen LogP contribution in [0.2, 0.25) is 0 Å². The molecule has 0 aliphatic carbocycles. The number of aromatic nitrogens is 2. The predicted octanol–water partition coefficient (Wildman–Crippen LogP) is 1.41. The van der Waals surface area contributed by atoms with Gasteiger partial charge in [-0.15, -0.1) is 0 Å². The minimum atomic E-state index is -1.14. The highest BCUT2D eigenvalue weighted by Crippen LogP contribution is 2.26. The molecule has 0 bridgehead atoms. The third kappa shape index (κ3) is 3.57. The Balaban J connectivity index is 2.02. The maximum absolute atomic E-state index is 13.9. The van der Waals surface area contributed by atoms with Crippen molar-refractivity contribution in [3.8, 4) is 11.6 Å². The zero-order valence-corrected chi connectivity index (χ0v) is 13.1. The van der Waals surface area contributed by atoms with Crippen LogP contribution in [0, 0.1) is 5.82 Å². The number of H-pyrrole nitrogens is 1. The van der Waals surface area contributed by atoms with Crippen LogP contribution >= 0.6 is 0 Å². The summed E-state index contributed by atoms with van der Waals surface area (Å²) in [5.41, 5.74) is -0.375. The molecule has 1 aromatic carbocycles. The van der Waals surface area contributed by atoms with Crippen molar-refractivity contribution in [2.45, 2.75) is 0 Å². The lowest BCUT2D eigenvalue weighted by molar-refractivity contribution is 0.0672. The number of oxime groups is 2. The second-order valence-electron chi connectivity index (χ2n) is 4.65. The summed E-state index contributed by atoms with van der Waals surface area (Å²) in [7, 11) is 1.35. The van der Waals surface area contributed by atoms with E-state index in [0.717, 1.165) is 6.33 Å². The van der Waals surface area contributed by atoms with Crippen LogP contribution < -0.4 is 10.3 Å². The summed E-state index contributed by atoms with van der Waals surface area (Å²) in [5.74, 6) is -1.36. The first-order valence-corrected chi connectivity index (χ1v) is 7.15. The first-order chi connectivity index (χ1) is 12.2. The molecule has 130 valence electrons. The van der Waals surface area contributed by atoms with Gasteiger partial charge in [0.1, 0.15) is 19.5 Å². The summed E-state index contributed by atoms with van der Waals surface area (Å²) in [6.45, 7) is 0.596. The van der Waals surface area contributed by atoms with Gasteiger partial charge in [0, 0.05) is 0 Å². The zero-order valence-electron chi connectivity index (χ0n) is 13.1. The van der Waals surface area contributed by atoms with E-state index in [1.165, 1.54) is 7.11 Å². The zero-order chi connectivity index (χ0) is 17.6. The number of halogens is 1. The molecule has 2 aromatic rings. The first-order valence-electron chi connectivity index (χ1n) is 7.15. The normalized spacial score (nSPS) is 14.2. The van der Waals surface area contributed by atoms with Crippen LogP contribution in [0.5, 0.6) is 11.6 Å². The Labute approximate surface area is 140 Å². The van der Waals surface area contributed by atoms with Crippen LogP contribution in [0.1, 0.15) is 5.56 Å². The van der Waals surface area contributed by atoms with Gasteiger partial charge in [-0.1, -0.05) is 17.3 Å². The Hall–Kier alpha value is -3.43. The highest BCUT2D eigenvalue weighted by atomic mass is 19.1. The van der Waals surface area contributed by atoms with E-state index in [1.807, 2.05) is 0 Å². The number of hydrogen-bond donors (Lipinski definition) is 1. The summed E-state index contributed by atoms with van der Waals surface area (Å²) in [4.78, 5) is 27.0. The molecule has 0 radical (unpaired) electrons.